The summed E-state index contributed by atoms with van der Waals surface area (Å²) in [5, 5.41) is 3.18. The zero-order valence-electron chi connectivity index (χ0n) is 17.0. The van der Waals surface area contributed by atoms with Crippen LogP contribution in [0, 0.1) is 0 Å². The Morgan fingerprint density at radius 2 is 1.70 bits per heavy atom. The van der Waals surface area contributed by atoms with E-state index in [1.54, 1.807) is 7.11 Å². The lowest BCUT2D eigenvalue weighted by Crippen LogP contribution is -2.31. The number of ether oxygens (including phenoxy) is 1. The molecule has 3 aromatic carbocycles. The van der Waals surface area contributed by atoms with Crippen LogP contribution >= 0.6 is 0 Å². The van der Waals surface area contributed by atoms with E-state index in [1.165, 1.54) is 0 Å². The van der Waals surface area contributed by atoms with E-state index < -0.39 is 0 Å². The fourth-order valence-corrected chi connectivity index (χ4v) is 3.52. The van der Waals surface area contributed by atoms with Gasteiger partial charge in [0, 0.05) is 6.42 Å². The van der Waals surface area contributed by atoms with Crippen LogP contribution in [0.5, 0.6) is 5.75 Å². The summed E-state index contributed by atoms with van der Waals surface area (Å²) in [7, 11) is 1.65. The number of nitrogens with one attached hydrogen (secondary N) is 2. The minimum atomic E-state index is -0.219. The van der Waals surface area contributed by atoms with E-state index in [-0.39, 0.29) is 11.9 Å². The molecule has 2 N–H and O–H groups in total. The molecule has 30 heavy (non-hydrogen) atoms. The second kappa shape index (κ2) is 9.27. The summed E-state index contributed by atoms with van der Waals surface area (Å²) in [5.41, 5.74) is 4.13. The summed E-state index contributed by atoms with van der Waals surface area (Å²) in [6.45, 7) is 0. The van der Waals surface area contributed by atoms with Crippen LogP contribution < -0.4 is 10.1 Å². The summed E-state index contributed by atoms with van der Waals surface area (Å²) in [5.74, 6) is 1.60. The number of aromatic nitrogens is 2. The molecule has 5 heteroatoms. The number of carbonyl (C=O) groups is 1. The Morgan fingerprint density at radius 3 is 2.43 bits per heavy atom. The molecule has 0 spiro atoms. The lowest BCUT2D eigenvalue weighted by atomic mass is 10.0. The average Bonchev–Trinajstić information content (AvgIpc) is 3.23. The van der Waals surface area contributed by atoms with Gasteiger partial charge in [0.2, 0.25) is 5.91 Å². The van der Waals surface area contributed by atoms with Crippen LogP contribution in [0.25, 0.3) is 11.0 Å². The Morgan fingerprint density at radius 1 is 0.967 bits per heavy atom. The summed E-state index contributed by atoms with van der Waals surface area (Å²) in [6, 6.07) is 25.7. The topological polar surface area (TPSA) is 67.0 Å². The Bertz CT molecular complexity index is 1070. The first-order valence-corrected chi connectivity index (χ1v) is 10.1. The maximum absolute atomic E-state index is 12.8. The lowest BCUT2D eigenvalue weighted by molar-refractivity contribution is -0.121. The van der Waals surface area contributed by atoms with Crippen molar-refractivity contribution in [2.24, 2.45) is 0 Å². The van der Waals surface area contributed by atoms with Gasteiger partial charge in [0.05, 0.1) is 24.2 Å². The van der Waals surface area contributed by atoms with Gasteiger partial charge in [-0.05, 0) is 48.2 Å². The van der Waals surface area contributed by atoms with E-state index in [9.17, 15) is 4.79 Å². The predicted molar refractivity (Wildman–Crippen MR) is 118 cm³/mol. The molecule has 152 valence electrons. The second-order valence-corrected chi connectivity index (χ2v) is 7.30. The van der Waals surface area contributed by atoms with Crippen LogP contribution in [0.4, 0.5) is 0 Å². The monoisotopic (exact) mass is 399 g/mol. The van der Waals surface area contributed by atoms with Gasteiger partial charge in [0.15, 0.2) is 0 Å². The van der Waals surface area contributed by atoms with E-state index in [1.807, 2.05) is 66.7 Å². The molecule has 0 radical (unpaired) electrons. The summed E-state index contributed by atoms with van der Waals surface area (Å²) < 4.78 is 5.19. The lowest BCUT2D eigenvalue weighted by Gasteiger charge is -2.17. The fraction of sp³-hybridized carbons (Fsp3) is 0.200. The number of fused-ring (bicyclic) bond motifs is 1. The number of aryl methyl sites for hydroxylation is 1. The summed E-state index contributed by atoms with van der Waals surface area (Å²) in [4.78, 5) is 20.8. The molecule has 0 bridgehead atoms. The van der Waals surface area contributed by atoms with E-state index in [0.717, 1.165) is 33.7 Å². The van der Waals surface area contributed by atoms with Gasteiger partial charge in [-0.15, -0.1) is 0 Å². The quantitative estimate of drug-likeness (QED) is 0.455. The Labute approximate surface area is 176 Å². The maximum atomic E-state index is 12.8. The van der Waals surface area contributed by atoms with Crippen molar-refractivity contribution in [2.45, 2.75) is 25.3 Å². The predicted octanol–water partition coefficient (Wildman–Crippen LogP) is 4.60. The van der Waals surface area contributed by atoms with Gasteiger partial charge in [-0.2, -0.15) is 0 Å². The third-order valence-electron chi connectivity index (χ3n) is 5.16. The summed E-state index contributed by atoms with van der Waals surface area (Å²) in [6.07, 6.45) is 1.76. The number of aromatic amines is 1. The third-order valence-corrected chi connectivity index (χ3v) is 5.16. The molecular formula is C25H25N3O2. The molecule has 0 aliphatic heterocycles. The molecule has 1 aromatic heterocycles. The Balaban J connectivity index is 1.47. The average molecular weight is 399 g/mol. The summed E-state index contributed by atoms with van der Waals surface area (Å²) >= 11 is 0. The molecule has 0 unspecified atom stereocenters. The van der Waals surface area contributed by atoms with E-state index >= 15 is 0 Å². The molecule has 1 amide bonds. The molecule has 0 saturated carbocycles. The van der Waals surface area contributed by atoms with Crippen molar-refractivity contribution in [3.05, 3.63) is 95.8 Å². The zero-order valence-corrected chi connectivity index (χ0v) is 17.0. The largest absolute Gasteiger partial charge is 0.497 e. The zero-order chi connectivity index (χ0) is 20.8. The number of amides is 1. The van der Waals surface area contributed by atoms with Gasteiger partial charge in [-0.1, -0.05) is 54.6 Å². The van der Waals surface area contributed by atoms with E-state index in [0.29, 0.717) is 19.3 Å². The highest BCUT2D eigenvalue weighted by molar-refractivity contribution is 5.77. The smallest absolute Gasteiger partial charge is 0.220 e. The number of nitrogens with zero attached hydrogens (tertiary/aromatic N) is 1. The first-order chi connectivity index (χ1) is 14.7. The SMILES string of the molecule is COc1ccc(CCC(=O)N[C@@H](Cc2ccccc2)c2nc3ccccc3[nH]2)cc1. The minimum absolute atomic E-state index is 0.00667. The number of hydrogen-bond acceptors (Lipinski definition) is 3. The van der Waals surface area contributed by atoms with Crippen LogP contribution in [0.1, 0.15) is 29.4 Å². The first-order valence-electron chi connectivity index (χ1n) is 10.1. The first kappa shape index (κ1) is 19.7. The normalized spacial score (nSPS) is 11.9. The van der Waals surface area contributed by atoms with Gasteiger partial charge < -0.3 is 15.0 Å². The van der Waals surface area contributed by atoms with Crippen molar-refractivity contribution in [2.75, 3.05) is 7.11 Å². The van der Waals surface area contributed by atoms with Gasteiger partial charge in [0.1, 0.15) is 11.6 Å². The van der Waals surface area contributed by atoms with Crippen molar-refractivity contribution in [3.8, 4) is 5.75 Å². The maximum Gasteiger partial charge on any atom is 0.220 e. The number of benzene rings is 3. The van der Waals surface area contributed by atoms with Gasteiger partial charge in [-0.25, -0.2) is 4.98 Å². The van der Waals surface area contributed by atoms with Crippen LogP contribution in [0.15, 0.2) is 78.9 Å². The van der Waals surface area contributed by atoms with Crippen LogP contribution in [-0.4, -0.2) is 23.0 Å². The van der Waals surface area contributed by atoms with E-state index in [2.05, 4.69) is 22.4 Å². The number of para-hydroxylation sites is 2. The number of hydrogen-bond donors (Lipinski definition) is 2. The standard InChI is InChI=1S/C25H25N3O2/c1-30-20-14-11-18(12-15-20)13-16-24(29)26-23(17-19-7-3-2-4-8-19)25-27-21-9-5-6-10-22(21)28-25/h2-12,14-15,23H,13,16-17H2,1H3,(H,26,29)(H,27,28)/t23-/m0/s1. The molecular weight excluding hydrogens is 374 g/mol. The molecule has 5 nitrogen and oxygen atoms in total. The van der Waals surface area contributed by atoms with Crippen molar-refractivity contribution in [1.29, 1.82) is 0 Å². The van der Waals surface area contributed by atoms with Crippen molar-refractivity contribution < 1.29 is 9.53 Å². The highest BCUT2D eigenvalue weighted by Gasteiger charge is 2.19. The molecule has 0 fully saturated rings. The Hall–Kier alpha value is -3.60. The molecule has 1 atom stereocenters. The Kier molecular flexibility index (Phi) is 6.09. The number of rotatable bonds is 8. The molecule has 0 aliphatic carbocycles. The molecule has 4 rings (SSSR count). The number of carbonyl (C=O) groups excluding carboxylic acids is 1. The molecule has 4 aromatic rings. The van der Waals surface area contributed by atoms with Crippen LogP contribution in [-0.2, 0) is 17.6 Å². The highest BCUT2D eigenvalue weighted by atomic mass is 16.5. The van der Waals surface area contributed by atoms with Gasteiger partial charge in [0.25, 0.3) is 0 Å². The van der Waals surface area contributed by atoms with Crippen LogP contribution in [0.3, 0.4) is 0 Å². The number of H-pyrrole nitrogens is 1. The van der Waals surface area contributed by atoms with E-state index in [4.69, 9.17) is 9.72 Å². The number of imidazole rings is 1. The second-order valence-electron chi connectivity index (χ2n) is 7.30. The van der Waals surface area contributed by atoms with Gasteiger partial charge in [-0.3, -0.25) is 4.79 Å². The fourth-order valence-electron chi connectivity index (χ4n) is 3.52. The minimum Gasteiger partial charge on any atom is -0.497 e. The molecule has 0 saturated heterocycles. The van der Waals surface area contributed by atoms with Crippen molar-refractivity contribution in [3.63, 3.8) is 0 Å². The number of methoxy groups -OCH3 is 1. The van der Waals surface area contributed by atoms with Crippen LogP contribution in [0.2, 0.25) is 0 Å². The highest BCUT2D eigenvalue weighted by Crippen LogP contribution is 2.20. The third kappa shape index (κ3) is 4.87. The molecule has 1 heterocycles. The molecule has 0 aliphatic rings. The van der Waals surface area contributed by atoms with Crippen molar-refractivity contribution in [1.82, 2.24) is 15.3 Å². The van der Waals surface area contributed by atoms with Crippen molar-refractivity contribution >= 4 is 16.9 Å². The van der Waals surface area contributed by atoms with Gasteiger partial charge >= 0.3 is 0 Å².